The number of ether oxygens (including phenoxy) is 3. The van der Waals surface area contributed by atoms with Crippen molar-refractivity contribution < 1.29 is 24.1 Å². The molecule has 1 N–H and O–H groups in total. The highest BCUT2D eigenvalue weighted by Crippen LogP contribution is 2.34. The van der Waals surface area contributed by atoms with Gasteiger partial charge in [0.1, 0.15) is 22.8 Å². The molecule has 0 radical (unpaired) electrons. The third-order valence-corrected chi connectivity index (χ3v) is 4.56. The van der Waals surface area contributed by atoms with Gasteiger partial charge in [0.05, 0.1) is 12.6 Å². The van der Waals surface area contributed by atoms with Crippen LogP contribution < -0.4 is 9.47 Å². The van der Waals surface area contributed by atoms with Gasteiger partial charge in [0.2, 0.25) is 6.29 Å². The number of rotatable bonds is 8. The van der Waals surface area contributed by atoms with E-state index in [1.807, 2.05) is 43.3 Å². The minimum absolute atomic E-state index is 0.0379. The normalized spacial score (nSPS) is 11.8. The molecule has 0 bridgehead atoms. The van der Waals surface area contributed by atoms with E-state index in [0.29, 0.717) is 16.7 Å². The van der Waals surface area contributed by atoms with Crippen LogP contribution in [0.2, 0.25) is 0 Å². The van der Waals surface area contributed by atoms with Crippen LogP contribution in [0.15, 0.2) is 48.7 Å². The summed E-state index contributed by atoms with van der Waals surface area (Å²) in [4.78, 5) is 16.2. The third-order valence-electron chi connectivity index (χ3n) is 4.56. The topological polar surface area (TPSA) is 77.9 Å². The number of esters is 1. The largest absolute Gasteiger partial charge is 0.506 e. The second-order valence-electron chi connectivity index (χ2n) is 6.71. The van der Waals surface area contributed by atoms with Crippen LogP contribution in [0.25, 0.3) is 10.9 Å². The Labute approximate surface area is 170 Å². The van der Waals surface area contributed by atoms with E-state index >= 15 is 0 Å². The maximum Gasteiger partial charge on any atom is 0.343 e. The van der Waals surface area contributed by atoms with E-state index in [-0.39, 0.29) is 11.3 Å². The lowest BCUT2D eigenvalue weighted by Crippen LogP contribution is -2.20. The van der Waals surface area contributed by atoms with Crippen LogP contribution in [-0.2, 0) is 11.2 Å². The second-order valence-corrected chi connectivity index (χ2v) is 6.71. The first-order valence-electron chi connectivity index (χ1n) is 9.64. The molecule has 0 saturated carbocycles. The number of unbranched alkanes of at least 4 members (excludes halogenated alkanes) is 1. The molecule has 6 nitrogen and oxygen atoms in total. The molecule has 3 aromatic rings. The van der Waals surface area contributed by atoms with Crippen molar-refractivity contribution in [1.82, 2.24) is 4.98 Å². The predicted molar refractivity (Wildman–Crippen MR) is 111 cm³/mol. The minimum Gasteiger partial charge on any atom is -0.506 e. The molecule has 3 rings (SSSR count). The van der Waals surface area contributed by atoms with Gasteiger partial charge in [-0.05, 0) is 36.6 Å². The number of fused-ring (bicyclic) bond motifs is 1. The van der Waals surface area contributed by atoms with Crippen molar-refractivity contribution in [3.63, 3.8) is 0 Å². The van der Waals surface area contributed by atoms with Gasteiger partial charge in [-0.1, -0.05) is 31.5 Å². The lowest BCUT2D eigenvalue weighted by molar-refractivity contribution is 0.0216. The fourth-order valence-corrected chi connectivity index (χ4v) is 3.08. The number of pyridine rings is 1. The molecule has 1 atom stereocenters. The zero-order valence-electron chi connectivity index (χ0n) is 16.8. The molecule has 1 heterocycles. The van der Waals surface area contributed by atoms with Crippen molar-refractivity contribution in [2.75, 3.05) is 7.11 Å². The number of hydrogen-bond acceptors (Lipinski definition) is 6. The number of benzene rings is 2. The van der Waals surface area contributed by atoms with E-state index in [9.17, 15) is 9.90 Å². The van der Waals surface area contributed by atoms with E-state index in [4.69, 9.17) is 14.2 Å². The monoisotopic (exact) mass is 395 g/mol. The molecule has 0 aliphatic heterocycles. The fourth-order valence-electron chi connectivity index (χ4n) is 3.08. The molecule has 1 unspecified atom stereocenters. The summed E-state index contributed by atoms with van der Waals surface area (Å²) >= 11 is 0. The Bertz CT molecular complexity index is 987. The molecule has 6 heteroatoms. The van der Waals surface area contributed by atoms with Gasteiger partial charge >= 0.3 is 5.97 Å². The Morgan fingerprint density at radius 1 is 1.17 bits per heavy atom. The Hall–Kier alpha value is -3.28. The van der Waals surface area contributed by atoms with E-state index in [1.165, 1.54) is 13.3 Å². The van der Waals surface area contributed by atoms with Crippen molar-refractivity contribution in [2.24, 2.45) is 0 Å². The molecule has 0 aliphatic carbocycles. The predicted octanol–water partition coefficient (Wildman–Crippen LogP) is 4.87. The molecule has 0 aliphatic rings. The molecule has 29 heavy (non-hydrogen) atoms. The number of carbonyl (C=O) groups is 1. The lowest BCUT2D eigenvalue weighted by Gasteiger charge is -2.19. The van der Waals surface area contributed by atoms with Crippen molar-refractivity contribution in [3.05, 3.63) is 59.8 Å². The van der Waals surface area contributed by atoms with Gasteiger partial charge in [-0.15, -0.1) is 0 Å². The van der Waals surface area contributed by atoms with Crippen molar-refractivity contribution in [3.8, 4) is 17.2 Å². The Morgan fingerprint density at radius 3 is 2.62 bits per heavy atom. The number of aromatic hydroxyl groups is 1. The van der Waals surface area contributed by atoms with Gasteiger partial charge < -0.3 is 19.3 Å². The SMILES string of the molecule is CCCCc1cc2c(O)c(C(=O)OC)cnc2cc1OC(C)Oc1ccccc1. The second kappa shape index (κ2) is 9.28. The molecule has 1 aromatic heterocycles. The first kappa shape index (κ1) is 20.5. The summed E-state index contributed by atoms with van der Waals surface area (Å²) in [5.41, 5.74) is 1.48. The Kier molecular flexibility index (Phi) is 6.54. The van der Waals surface area contributed by atoms with Gasteiger partial charge in [0.25, 0.3) is 0 Å². The van der Waals surface area contributed by atoms with Crippen LogP contribution in [0.3, 0.4) is 0 Å². The summed E-state index contributed by atoms with van der Waals surface area (Å²) in [7, 11) is 1.27. The quantitative estimate of drug-likeness (QED) is 0.433. The van der Waals surface area contributed by atoms with Gasteiger partial charge in [0, 0.05) is 24.6 Å². The number of aromatic nitrogens is 1. The summed E-state index contributed by atoms with van der Waals surface area (Å²) in [6.45, 7) is 3.93. The molecule has 0 amide bonds. The first-order valence-corrected chi connectivity index (χ1v) is 9.64. The highest BCUT2D eigenvalue weighted by atomic mass is 16.7. The number of hydrogen-bond donors (Lipinski definition) is 1. The zero-order chi connectivity index (χ0) is 20.8. The van der Waals surface area contributed by atoms with Crippen LogP contribution in [0.5, 0.6) is 17.2 Å². The highest BCUT2D eigenvalue weighted by molar-refractivity contribution is 5.99. The summed E-state index contributed by atoms with van der Waals surface area (Å²) in [5.74, 6) is 0.596. The van der Waals surface area contributed by atoms with E-state index in [2.05, 4.69) is 11.9 Å². The standard InChI is InChI=1S/C23H25NO5/c1-4-5-9-16-12-18-20(24-14-19(22(18)25)23(26)27-3)13-21(16)29-15(2)28-17-10-7-6-8-11-17/h6-8,10-15H,4-5,9H2,1-3H3,(H,24,25). The summed E-state index contributed by atoms with van der Waals surface area (Å²) < 4.78 is 16.6. The maximum absolute atomic E-state index is 11.9. The smallest absolute Gasteiger partial charge is 0.343 e. The van der Waals surface area contributed by atoms with Gasteiger partial charge in [0.15, 0.2) is 0 Å². The number of methoxy groups -OCH3 is 1. The number of nitrogens with zero attached hydrogens (tertiary/aromatic N) is 1. The summed E-state index contributed by atoms with van der Waals surface area (Å²) in [6, 6.07) is 13.0. The molecule has 0 fully saturated rings. The number of para-hydroxylation sites is 1. The number of aryl methyl sites for hydroxylation is 1. The average molecular weight is 395 g/mol. The van der Waals surface area contributed by atoms with Crippen molar-refractivity contribution in [2.45, 2.75) is 39.4 Å². The van der Waals surface area contributed by atoms with Crippen LogP contribution in [0, 0.1) is 0 Å². The zero-order valence-corrected chi connectivity index (χ0v) is 16.8. The highest BCUT2D eigenvalue weighted by Gasteiger charge is 2.18. The molecule has 152 valence electrons. The average Bonchev–Trinajstić information content (AvgIpc) is 2.73. The van der Waals surface area contributed by atoms with Crippen LogP contribution in [0.4, 0.5) is 0 Å². The fraction of sp³-hybridized carbons (Fsp3) is 0.304. The lowest BCUT2D eigenvalue weighted by atomic mass is 10.0. The maximum atomic E-state index is 11.9. The molecule has 0 saturated heterocycles. The Balaban J connectivity index is 1.95. The molecular formula is C23H25NO5. The molecule has 0 spiro atoms. The van der Waals surface area contributed by atoms with Crippen molar-refractivity contribution >= 4 is 16.9 Å². The van der Waals surface area contributed by atoms with E-state index < -0.39 is 12.3 Å². The first-order chi connectivity index (χ1) is 14.0. The Morgan fingerprint density at radius 2 is 1.93 bits per heavy atom. The van der Waals surface area contributed by atoms with Gasteiger partial charge in [-0.3, -0.25) is 4.98 Å². The van der Waals surface area contributed by atoms with E-state index in [1.54, 1.807) is 6.07 Å². The van der Waals surface area contributed by atoms with Gasteiger partial charge in [-0.25, -0.2) is 4.79 Å². The van der Waals surface area contributed by atoms with Crippen LogP contribution in [-0.4, -0.2) is 29.5 Å². The van der Waals surface area contributed by atoms with E-state index in [0.717, 1.165) is 30.6 Å². The summed E-state index contributed by atoms with van der Waals surface area (Å²) in [5, 5.41) is 11.1. The number of carbonyl (C=O) groups excluding carboxylic acids is 1. The van der Waals surface area contributed by atoms with Crippen LogP contribution >= 0.6 is 0 Å². The third kappa shape index (κ3) is 4.77. The van der Waals surface area contributed by atoms with Crippen molar-refractivity contribution in [1.29, 1.82) is 0 Å². The van der Waals surface area contributed by atoms with Crippen LogP contribution in [0.1, 0.15) is 42.6 Å². The van der Waals surface area contributed by atoms with Gasteiger partial charge in [-0.2, -0.15) is 0 Å². The molecular weight excluding hydrogens is 370 g/mol. The summed E-state index contributed by atoms with van der Waals surface area (Å²) in [6.07, 6.45) is 3.53. The molecule has 2 aromatic carbocycles. The minimum atomic E-state index is -0.628.